The molecule has 0 unspecified atom stereocenters. The lowest BCUT2D eigenvalue weighted by Crippen LogP contribution is -2.43. The van der Waals surface area contributed by atoms with Gasteiger partial charge in [-0.3, -0.25) is 4.79 Å². The van der Waals surface area contributed by atoms with E-state index in [9.17, 15) is 4.79 Å². The molecule has 0 heterocycles. The molecule has 0 amide bonds. The summed E-state index contributed by atoms with van der Waals surface area (Å²) in [6, 6.07) is 0. The fourth-order valence-electron chi connectivity index (χ4n) is 5.25. The number of nitrogens with two attached hydrogens (primary N) is 1. The van der Waals surface area contributed by atoms with Crippen LogP contribution in [0.25, 0.3) is 0 Å². The van der Waals surface area contributed by atoms with Crippen LogP contribution in [-0.4, -0.2) is 17.6 Å². The van der Waals surface area contributed by atoms with Crippen molar-refractivity contribution in [2.75, 3.05) is 6.54 Å². The van der Waals surface area contributed by atoms with E-state index in [1.54, 1.807) is 0 Å². The quantitative estimate of drug-likeness (QED) is 0.403. The SMILES string of the molecule is CC(CN)(C1CCCCC1)C1CCCCC1.CCCCCCCCC(=O)O. The van der Waals surface area contributed by atoms with E-state index in [1.165, 1.54) is 89.9 Å². The van der Waals surface area contributed by atoms with E-state index in [-0.39, 0.29) is 0 Å². The predicted octanol–water partition coefficient (Wildman–Crippen LogP) is 6.93. The standard InChI is InChI=1S/C15H29N.C9H18O2/c1-15(12-16,13-8-4-2-5-9-13)14-10-6-3-7-11-14;1-2-3-4-5-6-7-8-9(10)11/h13-14H,2-12,16H2,1H3;2-8H2,1H3,(H,10,11). The normalized spacial score (nSPS) is 19.4. The van der Waals surface area contributed by atoms with Crippen LogP contribution in [0, 0.1) is 17.3 Å². The molecule has 0 spiro atoms. The third-order valence-electron chi connectivity index (χ3n) is 7.26. The highest BCUT2D eigenvalue weighted by Gasteiger charge is 2.40. The van der Waals surface area contributed by atoms with Crippen molar-refractivity contribution in [3.05, 3.63) is 0 Å². The van der Waals surface area contributed by atoms with Crippen molar-refractivity contribution in [2.24, 2.45) is 23.0 Å². The number of carboxylic acids is 1. The zero-order valence-corrected chi connectivity index (χ0v) is 18.3. The lowest BCUT2D eigenvalue weighted by atomic mass is 9.60. The number of unbranched alkanes of at least 4 members (excludes halogenated alkanes) is 5. The Morgan fingerprint density at radius 3 is 1.70 bits per heavy atom. The first-order valence-corrected chi connectivity index (χ1v) is 12.0. The fraction of sp³-hybridized carbons (Fsp3) is 0.958. The average Bonchev–Trinajstić information content (AvgIpc) is 2.71. The lowest BCUT2D eigenvalue weighted by Gasteiger charge is -2.46. The van der Waals surface area contributed by atoms with E-state index >= 15 is 0 Å². The maximum atomic E-state index is 10.1. The molecule has 160 valence electrons. The number of hydrogen-bond acceptors (Lipinski definition) is 2. The molecule has 0 aromatic carbocycles. The topological polar surface area (TPSA) is 63.3 Å². The molecule has 2 rings (SSSR count). The van der Waals surface area contributed by atoms with E-state index in [0.717, 1.165) is 31.2 Å². The fourth-order valence-corrected chi connectivity index (χ4v) is 5.25. The summed E-state index contributed by atoms with van der Waals surface area (Å²) in [5.74, 6) is 1.18. The van der Waals surface area contributed by atoms with Gasteiger partial charge in [-0.1, -0.05) is 84.5 Å². The van der Waals surface area contributed by atoms with Crippen LogP contribution in [0.15, 0.2) is 0 Å². The molecule has 2 aliphatic rings. The van der Waals surface area contributed by atoms with E-state index < -0.39 is 5.97 Å². The molecule has 0 aromatic rings. The minimum Gasteiger partial charge on any atom is -0.481 e. The average molecular weight is 382 g/mol. The van der Waals surface area contributed by atoms with Crippen molar-refractivity contribution < 1.29 is 9.90 Å². The van der Waals surface area contributed by atoms with Gasteiger partial charge < -0.3 is 10.8 Å². The van der Waals surface area contributed by atoms with E-state index in [2.05, 4.69) is 13.8 Å². The molecule has 0 aromatic heterocycles. The number of carbonyl (C=O) groups is 1. The zero-order chi connectivity index (χ0) is 20.0. The van der Waals surface area contributed by atoms with Gasteiger partial charge in [0.15, 0.2) is 0 Å². The molecule has 2 aliphatic carbocycles. The van der Waals surface area contributed by atoms with Crippen molar-refractivity contribution in [1.29, 1.82) is 0 Å². The van der Waals surface area contributed by atoms with Gasteiger partial charge in [0, 0.05) is 6.42 Å². The minimum atomic E-state index is -0.666. The Hall–Kier alpha value is -0.570. The number of aliphatic carboxylic acids is 1. The molecule has 0 atom stereocenters. The molecular weight excluding hydrogens is 334 g/mol. The molecule has 3 nitrogen and oxygen atoms in total. The Bertz CT molecular complexity index is 353. The maximum absolute atomic E-state index is 10.1. The van der Waals surface area contributed by atoms with E-state index in [1.807, 2.05) is 0 Å². The van der Waals surface area contributed by atoms with Crippen LogP contribution in [0.4, 0.5) is 0 Å². The molecule has 27 heavy (non-hydrogen) atoms. The summed E-state index contributed by atoms with van der Waals surface area (Å²) in [6.07, 6.45) is 21.8. The van der Waals surface area contributed by atoms with Gasteiger partial charge in [0.25, 0.3) is 0 Å². The third kappa shape index (κ3) is 9.45. The summed E-state index contributed by atoms with van der Waals surface area (Å²) in [5.41, 5.74) is 6.63. The van der Waals surface area contributed by atoms with Gasteiger partial charge in [-0.05, 0) is 55.9 Å². The minimum absolute atomic E-state index is 0.339. The highest BCUT2D eigenvalue weighted by atomic mass is 16.4. The lowest BCUT2D eigenvalue weighted by molar-refractivity contribution is -0.137. The van der Waals surface area contributed by atoms with Crippen LogP contribution >= 0.6 is 0 Å². The molecular formula is C24H47NO2. The van der Waals surface area contributed by atoms with Gasteiger partial charge in [0.2, 0.25) is 0 Å². The summed E-state index contributed by atoms with van der Waals surface area (Å²) < 4.78 is 0. The van der Waals surface area contributed by atoms with Crippen molar-refractivity contribution in [3.63, 3.8) is 0 Å². The second-order valence-corrected chi connectivity index (χ2v) is 9.29. The van der Waals surface area contributed by atoms with Crippen LogP contribution in [-0.2, 0) is 4.79 Å². The monoisotopic (exact) mass is 381 g/mol. The van der Waals surface area contributed by atoms with Crippen LogP contribution in [0.5, 0.6) is 0 Å². The molecule has 0 aliphatic heterocycles. The molecule has 0 radical (unpaired) electrons. The van der Waals surface area contributed by atoms with Gasteiger partial charge in [-0.25, -0.2) is 0 Å². The molecule has 2 saturated carbocycles. The largest absolute Gasteiger partial charge is 0.481 e. The van der Waals surface area contributed by atoms with Crippen molar-refractivity contribution in [2.45, 2.75) is 123 Å². The smallest absolute Gasteiger partial charge is 0.303 e. The molecule has 0 saturated heterocycles. The summed E-state index contributed by atoms with van der Waals surface area (Å²) in [5, 5.41) is 8.32. The van der Waals surface area contributed by atoms with Gasteiger partial charge in [-0.15, -0.1) is 0 Å². The maximum Gasteiger partial charge on any atom is 0.303 e. The van der Waals surface area contributed by atoms with Gasteiger partial charge >= 0.3 is 5.97 Å². The van der Waals surface area contributed by atoms with Crippen LogP contribution < -0.4 is 5.73 Å². The predicted molar refractivity (Wildman–Crippen MR) is 116 cm³/mol. The first-order chi connectivity index (χ1) is 13.0. The van der Waals surface area contributed by atoms with Gasteiger partial charge in [-0.2, -0.15) is 0 Å². The molecule has 3 N–H and O–H groups in total. The summed E-state index contributed by atoms with van der Waals surface area (Å²) >= 11 is 0. The van der Waals surface area contributed by atoms with Gasteiger partial charge in [0.05, 0.1) is 0 Å². The number of rotatable bonds is 10. The Kier molecular flexibility index (Phi) is 13.1. The Morgan fingerprint density at radius 2 is 1.30 bits per heavy atom. The Labute approximate surface area is 168 Å². The molecule has 3 heteroatoms. The second-order valence-electron chi connectivity index (χ2n) is 9.29. The van der Waals surface area contributed by atoms with Gasteiger partial charge in [0.1, 0.15) is 0 Å². The summed E-state index contributed by atoms with van der Waals surface area (Å²) in [4.78, 5) is 10.1. The summed E-state index contributed by atoms with van der Waals surface area (Å²) in [6.45, 7) is 5.60. The highest BCUT2D eigenvalue weighted by molar-refractivity contribution is 5.66. The Morgan fingerprint density at radius 1 is 0.852 bits per heavy atom. The summed E-state index contributed by atoms with van der Waals surface area (Å²) in [7, 11) is 0. The van der Waals surface area contributed by atoms with Crippen LogP contribution in [0.3, 0.4) is 0 Å². The van der Waals surface area contributed by atoms with E-state index in [4.69, 9.17) is 10.8 Å². The number of carboxylic acid groups (broad SMARTS) is 1. The van der Waals surface area contributed by atoms with Crippen molar-refractivity contribution in [1.82, 2.24) is 0 Å². The first kappa shape index (κ1) is 24.5. The first-order valence-electron chi connectivity index (χ1n) is 12.0. The zero-order valence-electron chi connectivity index (χ0n) is 18.3. The Balaban J connectivity index is 0.000000293. The third-order valence-corrected chi connectivity index (χ3v) is 7.26. The number of hydrogen-bond donors (Lipinski definition) is 2. The molecule has 0 bridgehead atoms. The van der Waals surface area contributed by atoms with Crippen LogP contribution in [0.1, 0.15) is 123 Å². The van der Waals surface area contributed by atoms with E-state index in [0.29, 0.717) is 11.8 Å². The van der Waals surface area contributed by atoms with Crippen molar-refractivity contribution in [3.8, 4) is 0 Å². The van der Waals surface area contributed by atoms with Crippen molar-refractivity contribution >= 4 is 5.97 Å². The highest BCUT2D eigenvalue weighted by Crippen LogP contribution is 2.47. The van der Waals surface area contributed by atoms with Crippen LogP contribution in [0.2, 0.25) is 0 Å². The molecule has 2 fully saturated rings. The second kappa shape index (κ2) is 14.4.